The maximum atomic E-state index is 13.5. The number of aromatic nitrogens is 4. The van der Waals surface area contributed by atoms with Gasteiger partial charge in [-0.3, -0.25) is 14.2 Å². The summed E-state index contributed by atoms with van der Waals surface area (Å²) in [7, 11) is 3.00. The molecular weight excluding hydrogens is 507 g/mol. The number of carbonyl (C=O) groups excluding carboxylic acids is 2. The van der Waals surface area contributed by atoms with E-state index in [1.807, 2.05) is 0 Å². The molecule has 4 aromatic rings. The molecule has 0 aliphatic heterocycles. The molecule has 2 aromatic heterocycles. The Bertz CT molecular complexity index is 1320. The first-order valence-electron chi connectivity index (χ1n) is 10.5. The lowest BCUT2D eigenvalue weighted by Crippen LogP contribution is -2.24. The lowest BCUT2D eigenvalue weighted by molar-refractivity contribution is -0.113. The van der Waals surface area contributed by atoms with E-state index in [1.165, 1.54) is 37.7 Å². The first-order chi connectivity index (χ1) is 17.5. The Morgan fingerprint density at radius 1 is 1.08 bits per heavy atom. The molecule has 13 heteroatoms. The van der Waals surface area contributed by atoms with Crippen molar-refractivity contribution in [2.45, 2.75) is 11.7 Å². The van der Waals surface area contributed by atoms with E-state index < -0.39 is 5.82 Å². The van der Waals surface area contributed by atoms with Crippen molar-refractivity contribution >= 4 is 40.0 Å². The molecule has 2 amide bonds. The fourth-order valence-electron chi connectivity index (χ4n) is 3.13. The third-order valence-corrected chi connectivity index (χ3v) is 6.43. The van der Waals surface area contributed by atoms with Gasteiger partial charge in [-0.15, -0.1) is 21.5 Å². The van der Waals surface area contributed by atoms with E-state index in [4.69, 9.17) is 9.47 Å². The van der Waals surface area contributed by atoms with E-state index in [-0.39, 0.29) is 24.1 Å². The Morgan fingerprint density at radius 3 is 2.44 bits per heavy atom. The molecule has 0 aliphatic carbocycles. The highest BCUT2D eigenvalue weighted by Gasteiger charge is 2.18. The van der Waals surface area contributed by atoms with Crippen LogP contribution in [0.1, 0.15) is 16.2 Å². The van der Waals surface area contributed by atoms with E-state index in [1.54, 1.807) is 46.5 Å². The average Bonchev–Trinajstić information content (AvgIpc) is 3.56. The highest BCUT2D eigenvalue weighted by molar-refractivity contribution is 7.99. The van der Waals surface area contributed by atoms with E-state index >= 15 is 0 Å². The van der Waals surface area contributed by atoms with Crippen LogP contribution in [-0.4, -0.2) is 51.5 Å². The van der Waals surface area contributed by atoms with Gasteiger partial charge in [0, 0.05) is 28.9 Å². The molecule has 0 saturated heterocycles. The minimum absolute atomic E-state index is 0.0224. The van der Waals surface area contributed by atoms with Crippen molar-refractivity contribution in [1.82, 2.24) is 25.1 Å². The first kappa shape index (κ1) is 25.1. The molecule has 186 valence electrons. The van der Waals surface area contributed by atoms with Crippen molar-refractivity contribution in [2.24, 2.45) is 0 Å². The van der Waals surface area contributed by atoms with Gasteiger partial charge in [0.25, 0.3) is 5.91 Å². The number of rotatable bonds is 10. The second-order valence-corrected chi connectivity index (χ2v) is 9.01. The molecule has 2 heterocycles. The van der Waals surface area contributed by atoms with Crippen LogP contribution in [0.15, 0.2) is 59.2 Å². The number of thioether (sulfide) groups is 1. The van der Waals surface area contributed by atoms with Gasteiger partial charge in [0.1, 0.15) is 17.3 Å². The molecular formula is C23H21FN6O4S2. The fraction of sp³-hybridized carbons (Fsp3) is 0.174. The molecule has 0 atom stereocenters. The van der Waals surface area contributed by atoms with Gasteiger partial charge in [0.2, 0.25) is 5.91 Å². The molecule has 36 heavy (non-hydrogen) atoms. The predicted octanol–water partition coefficient (Wildman–Crippen LogP) is 3.54. The zero-order valence-electron chi connectivity index (χ0n) is 19.2. The Hall–Kier alpha value is -3.97. The molecule has 2 N–H and O–H groups in total. The summed E-state index contributed by atoms with van der Waals surface area (Å²) < 4.78 is 25.7. The number of methoxy groups -OCH3 is 2. The Labute approximate surface area is 213 Å². The van der Waals surface area contributed by atoms with E-state index in [0.717, 1.165) is 11.8 Å². The van der Waals surface area contributed by atoms with Gasteiger partial charge >= 0.3 is 0 Å². The van der Waals surface area contributed by atoms with Gasteiger partial charge in [-0.1, -0.05) is 11.8 Å². The largest absolute Gasteiger partial charge is 0.497 e. The molecule has 10 nitrogen and oxygen atoms in total. The second-order valence-electron chi connectivity index (χ2n) is 7.17. The molecule has 0 unspecified atom stereocenters. The minimum atomic E-state index is -0.398. The predicted molar refractivity (Wildman–Crippen MR) is 134 cm³/mol. The summed E-state index contributed by atoms with van der Waals surface area (Å²) in [5.74, 6) is 0.364. The van der Waals surface area contributed by atoms with Crippen LogP contribution in [0.5, 0.6) is 11.5 Å². The fourth-order valence-corrected chi connectivity index (χ4v) is 4.44. The van der Waals surface area contributed by atoms with Crippen molar-refractivity contribution in [3.05, 3.63) is 71.2 Å². The molecule has 2 aromatic carbocycles. The summed E-state index contributed by atoms with van der Waals surface area (Å²) in [5.41, 5.74) is 0.920. The lowest BCUT2D eigenvalue weighted by Gasteiger charge is -2.12. The summed E-state index contributed by atoms with van der Waals surface area (Å²) in [4.78, 5) is 29.2. The summed E-state index contributed by atoms with van der Waals surface area (Å²) in [5, 5.41) is 16.6. The monoisotopic (exact) mass is 528 g/mol. The van der Waals surface area contributed by atoms with Crippen LogP contribution in [0.4, 0.5) is 9.52 Å². The number of nitrogens with one attached hydrogen (secondary N) is 2. The number of benzene rings is 2. The summed E-state index contributed by atoms with van der Waals surface area (Å²) >= 11 is 2.47. The molecule has 0 bridgehead atoms. The number of hydrogen-bond donors (Lipinski definition) is 2. The second kappa shape index (κ2) is 11.6. The van der Waals surface area contributed by atoms with Crippen molar-refractivity contribution in [1.29, 1.82) is 0 Å². The smallest absolute Gasteiger partial charge is 0.251 e. The van der Waals surface area contributed by atoms with Gasteiger partial charge in [-0.05, 0) is 36.4 Å². The summed E-state index contributed by atoms with van der Waals surface area (Å²) in [6.07, 6.45) is 1.60. The van der Waals surface area contributed by atoms with Crippen molar-refractivity contribution in [3.63, 3.8) is 0 Å². The number of thiazole rings is 1. The quantitative estimate of drug-likeness (QED) is 0.300. The maximum Gasteiger partial charge on any atom is 0.251 e. The van der Waals surface area contributed by atoms with Crippen LogP contribution in [0.2, 0.25) is 0 Å². The number of amides is 2. The molecule has 0 aliphatic rings. The van der Waals surface area contributed by atoms with Gasteiger partial charge < -0.3 is 20.1 Å². The summed E-state index contributed by atoms with van der Waals surface area (Å²) in [6.45, 7) is 0.0224. The van der Waals surface area contributed by atoms with E-state index in [0.29, 0.717) is 38.9 Å². The highest BCUT2D eigenvalue weighted by Crippen LogP contribution is 2.24. The third kappa shape index (κ3) is 6.17. The van der Waals surface area contributed by atoms with Crippen molar-refractivity contribution < 1.29 is 23.5 Å². The standard InChI is InChI=1S/C23H21FN6O4S2/c1-33-17-9-14(10-18(11-17)34-2)21(32)26-12-19-28-29-23(30(19)16-5-3-15(24)4-6-16)36-13-20(31)27-22-25-7-8-35-22/h3-11H,12-13H2,1-2H3,(H,26,32)(H,25,27,31). The Balaban J connectivity index is 1.52. The molecule has 0 fully saturated rings. The van der Waals surface area contributed by atoms with Crippen LogP contribution in [-0.2, 0) is 11.3 Å². The van der Waals surface area contributed by atoms with Crippen LogP contribution in [0.3, 0.4) is 0 Å². The lowest BCUT2D eigenvalue weighted by atomic mass is 10.2. The number of carbonyl (C=O) groups is 2. The molecule has 4 rings (SSSR count). The Kier molecular flexibility index (Phi) is 8.13. The van der Waals surface area contributed by atoms with Crippen LogP contribution in [0, 0.1) is 5.82 Å². The number of nitrogens with zero attached hydrogens (tertiary/aromatic N) is 4. The number of halogens is 1. The number of hydrogen-bond acceptors (Lipinski definition) is 9. The average molecular weight is 529 g/mol. The Morgan fingerprint density at radius 2 is 1.81 bits per heavy atom. The van der Waals surface area contributed by atoms with Gasteiger partial charge in [-0.25, -0.2) is 9.37 Å². The summed E-state index contributed by atoms with van der Waals surface area (Å²) in [6, 6.07) is 10.6. The van der Waals surface area contributed by atoms with Crippen LogP contribution >= 0.6 is 23.1 Å². The third-order valence-electron chi connectivity index (χ3n) is 4.82. The molecule has 0 radical (unpaired) electrons. The SMILES string of the molecule is COc1cc(OC)cc(C(=O)NCc2nnc(SCC(=O)Nc3nccs3)n2-c2ccc(F)cc2)c1. The number of ether oxygens (including phenoxy) is 2. The van der Waals surface area contributed by atoms with E-state index in [2.05, 4.69) is 25.8 Å². The zero-order valence-corrected chi connectivity index (χ0v) is 20.9. The minimum Gasteiger partial charge on any atom is -0.497 e. The van der Waals surface area contributed by atoms with Crippen molar-refractivity contribution in [2.75, 3.05) is 25.3 Å². The van der Waals surface area contributed by atoms with Gasteiger partial charge in [-0.2, -0.15) is 0 Å². The maximum absolute atomic E-state index is 13.5. The molecule has 0 saturated carbocycles. The van der Waals surface area contributed by atoms with Crippen molar-refractivity contribution in [3.8, 4) is 17.2 Å². The normalized spacial score (nSPS) is 10.6. The first-order valence-corrected chi connectivity index (χ1v) is 12.4. The number of anilines is 1. The highest BCUT2D eigenvalue weighted by atomic mass is 32.2. The van der Waals surface area contributed by atoms with Gasteiger partial charge in [0.05, 0.1) is 26.5 Å². The molecule has 0 spiro atoms. The zero-order chi connectivity index (χ0) is 25.5. The van der Waals surface area contributed by atoms with Crippen LogP contribution in [0.25, 0.3) is 5.69 Å². The van der Waals surface area contributed by atoms with E-state index in [9.17, 15) is 14.0 Å². The topological polar surface area (TPSA) is 120 Å². The van der Waals surface area contributed by atoms with Gasteiger partial charge in [0.15, 0.2) is 16.1 Å². The van der Waals surface area contributed by atoms with Crippen LogP contribution < -0.4 is 20.1 Å².